The van der Waals surface area contributed by atoms with Crippen LogP contribution in [-0.2, 0) is 4.79 Å². The fourth-order valence-electron chi connectivity index (χ4n) is 3.83. The molecular weight excluding hydrogens is 418 g/mol. The Kier molecular flexibility index (Phi) is 6.69. The van der Waals surface area contributed by atoms with Gasteiger partial charge >= 0.3 is 0 Å². The Bertz CT molecular complexity index is 1020. The highest BCUT2D eigenvalue weighted by Crippen LogP contribution is 2.35. The van der Waals surface area contributed by atoms with Crippen molar-refractivity contribution in [2.24, 2.45) is 0 Å². The highest BCUT2D eigenvalue weighted by atomic mass is 35.5. The normalized spacial score (nSPS) is 14.6. The van der Waals surface area contributed by atoms with E-state index in [1.807, 2.05) is 31.2 Å². The average molecular weight is 442 g/mol. The highest BCUT2D eigenvalue weighted by molar-refractivity contribution is 7.99. The molecule has 156 valence electrons. The lowest BCUT2D eigenvalue weighted by atomic mass is 9.95. The Hall–Kier alpha value is -2.38. The van der Waals surface area contributed by atoms with E-state index >= 15 is 0 Å². The van der Waals surface area contributed by atoms with Crippen molar-refractivity contribution in [3.05, 3.63) is 53.3 Å². The van der Waals surface area contributed by atoms with Crippen molar-refractivity contribution in [1.82, 2.24) is 19.7 Å². The summed E-state index contributed by atoms with van der Waals surface area (Å²) >= 11 is 7.43. The molecule has 4 rings (SSSR count). The topological polar surface area (TPSA) is 72.7 Å². The summed E-state index contributed by atoms with van der Waals surface area (Å²) in [6.07, 6.45) is 9.44. The van der Waals surface area contributed by atoms with E-state index in [-0.39, 0.29) is 11.7 Å². The molecule has 30 heavy (non-hydrogen) atoms. The Labute approximate surface area is 185 Å². The number of hydrogen-bond acceptors (Lipinski definition) is 5. The Balaban J connectivity index is 1.52. The first-order valence-electron chi connectivity index (χ1n) is 10.2. The lowest BCUT2D eigenvalue weighted by Gasteiger charge is -2.25. The van der Waals surface area contributed by atoms with Gasteiger partial charge in [-0.3, -0.25) is 14.3 Å². The zero-order chi connectivity index (χ0) is 20.9. The number of amides is 1. The molecule has 1 aliphatic carbocycles. The summed E-state index contributed by atoms with van der Waals surface area (Å²) in [5.74, 6) is 1.04. The lowest BCUT2D eigenvalue weighted by Crippen LogP contribution is -2.17. The molecule has 0 saturated heterocycles. The second-order valence-corrected chi connectivity index (χ2v) is 8.88. The molecule has 2 heterocycles. The van der Waals surface area contributed by atoms with Crippen molar-refractivity contribution in [2.75, 3.05) is 11.1 Å². The van der Waals surface area contributed by atoms with Crippen LogP contribution in [0.25, 0.3) is 11.4 Å². The third-order valence-corrected chi connectivity index (χ3v) is 6.52. The van der Waals surface area contributed by atoms with Gasteiger partial charge in [-0.2, -0.15) is 0 Å². The Morgan fingerprint density at radius 1 is 1.17 bits per heavy atom. The molecule has 8 heteroatoms. The predicted molar refractivity (Wildman–Crippen MR) is 121 cm³/mol. The Morgan fingerprint density at radius 2 is 1.93 bits per heavy atom. The largest absolute Gasteiger partial charge is 0.325 e. The average Bonchev–Trinajstić information content (AvgIpc) is 3.19. The predicted octanol–water partition coefficient (Wildman–Crippen LogP) is 5.54. The zero-order valence-corrected chi connectivity index (χ0v) is 18.4. The summed E-state index contributed by atoms with van der Waals surface area (Å²) < 4.78 is 2.22. The first-order valence-corrected chi connectivity index (χ1v) is 11.5. The molecule has 3 aromatic rings. The number of anilines is 1. The third-order valence-electron chi connectivity index (χ3n) is 5.34. The lowest BCUT2D eigenvalue weighted by molar-refractivity contribution is -0.113. The van der Waals surface area contributed by atoms with E-state index in [0.29, 0.717) is 11.1 Å². The standard InChI is InChI=1S/C22H24ClN5OS/c1-15-13-17(23)7-8-19(15)25-20(29)14-30-22-27-26-21(16-9-11-24-12-10-16)28(22)18-5-3-2-4-6-18/h7-13,18H,2-6,14H2,1H3,(H,25,29). The van der Waals surface area contributed by atoms with Crippen LogP contribution >= 0.6 is 23.4 Å². The molecule has 0 unspecified atom stereocenters. The van der Waals surface area contributed by atoms with E-state index in [1.54, 1.807) is 18.5 Å². The molecule has 0 atom stereocenters. The van der Waals surface area contributed by atoms with Crippen LogP contribution in [0.3, 0.4) is 0 Å². The van der Waals surface area contributed by atoms with E-state index in [9.17, 15) is 4.79 Å². The van der Waals surface area contributed by atoms with Crippen LogP contribution in [0.4, 0.5) is 5.69 Å². The zero-order valence-electron chi connectivity index (χ0n) is 16.8. The number of hydrogen-bond donors (Lipinski definition) is 1. The van der Waals surface area contributed by atoms with Crippen LogP contribution in [0.15, 0.2) is 47.9 Å². The van der Waals surface area contributed by atoms with Gasteiger partial charge in [-0.1, -0.05) is 42.6 Å². The first-order chi connectivity index (χ1) is 14.6. The van der Waals surface area contributed by atoms with Crippen LogP contribution in [0.1, 0.15) is 43.7 Å². The summed E-state index contributed by atoms with van der Waals surface area (Å²) in [5.41, 5.74) is 2.71. The van der Waals surface area contributed by atoms with Crippen LogP contribution in [0, 0.1) is 6.92 Å². The van der Waals surface area contributed by atoms with E-state index in [2.05, 4.69) is 25.1 Å². The number of aryl methyl sites for hydroxylation is 1. The van der Waals surface area contributed by atoms with Gasteiger partial charge in [0.2, 0.25) is 5.91 Å². The molecule has 0 spiro atoms. The molecule has 1 N–H and O–H groups in total. The van der Waals surface area contributed by atoms with E-state index in [4.69, 9.17) is 11.6 Å². The maximum atomic E-state index is 12.6. The number of aromatic nitrogens is 4. The summed E-state index contributed by atoms with van der Waals surface area (Å²) in [5, 5.41) is 13.3. The number of halogens is 1. The number of rotatable bonds is 6. The number of benzene rings is 1. The van der Waals surface area contributed by atoms with Gasteiger partial charge in [0.15, 0.2) is 11.0 Å². The van der Waals surface area contributed by atoms with Gasteiger partial charge in [0.1, 0.15) is 0 Å². The van der Waals surface area contributed by atoms with Crippen molar-refractivity contribution in [1.29, 1.82) is 0 Å². The van der Waals surface area contributed by atoms with Crippen molar-refractivity contribution in [3.63, 3.8) is 0 Å². The maximum absolute atomic E-state index is 12.6. The monoisotopic (exact) mass is 441 g/mol. The fraction of sp³-hybridized carbons (Fsp3) is 0.364. The summed E-state index contributed by atoms with van der Waals surface area (Å²) in [4.78, 5) is 16.7. The van der Waals surface area contributed by atoms with E-state index in [1.165, 1.54) is 31.0 Å². The molecule has 1 aliphatic rings. The molecule has 2 aromatic heterocycles. The van der Waals surface area contributed by atoms with E-state index in [0.717, 1.165) is 40.6 Å². The first kappa shape index (κ1) is 20.9. The van der Waals surface area contributed by atoms with Crippen molar-refractivity contribution < 1.29 is 4.79 Å². The molecule has 1 amide bonds. The molecule has 0 bridgehead atoms. The summed E-state index contributed by atoms with van der Waals surface area (Å²) in [6.45, 7) is 1.93. The maximum Gasteiger partial charge on any atom is 0.234 e. The molecule has 0 aliphatic heterocycles. The quantitative estimate of drug-likeness (QED) is 0.508. The van der Waals surface area contributed by atoms with Crippen molar-refractivity contribution >= 4 is 35.0 Å². The van der Waals surface area contributed by atoms with Gasteiger partial charge in [-0.05, 0) is 55.7 Å². The van der Waals surface area contributed by atoms with Gasteiger partial charge in [0.05, 0.1) is 5.75 Å². The molecule has 1 aromatic carbocycles. The highest BCUT2D eigenvalue weighted by Gasteiger charge is 2.24. The molecule has 1 fully saturated rings. The van der Waals surface area contributed by atoms with Crippen LogP contribution in [0.2, 0.25) is 5.02 Å². The van der Waals surface area contributed by atoms with Gasteiger partial charge in [-0.15, -0.1) is 10.2 Å². The van der Waals surface area contributed by atoms with E-state index < -0.39 is 0 Å². The SMILES string of the molecule is Cc1cc(Cl)ccc1NC(=O)CSc1nnc(-c2ccncc2)n1C1CCCCC1. The minimum Gasteiger partial charge on any atom is -0.325 e. The van der Waals surface area contributed by atoms with Crippen LogP contribution < -0.4 is 5.32 Å². The number of pyridine rings is 1. The summed E-state index contributed by atoms with van der Waals surface area (Å²) in [7, 11) is 0. The summed E-state index contributed by atoms with van der Waals surface area (Å²) in [6, 6.07) is 9.71. The van der Waals surface area contributed by atoms with Gasteiger partial charge in [0.25, 0.3) is 0 Å². The minimum atomic E-state index is -0.0749. The number of carbonyl (C=O) groups is 1. The number of nitrogens with one attached hydrogen (secondary N) is 1. The molecular formula is C22H24ClN5OS. The number of nitrogens with zero attached hydrogens (tertiary/aromatic N) is 4. The number of thioether (sulfide) groups is 1. The second kappa shape index (κ2) is 9.62. The third kappa shape index (κ3) is 4.84. The van der Waals surface area contributed by atoms with Crippen LogP contribution in [-0.4, -0.2) is 31.4 Å². The molecule has 1 saturated carbocycles. The number of carbonyl (C=O) groups excluding carboxylic acids is 1. The minimum absolute atomic E-state index is 0.0749. The smallest absolute Gasteiger partial charge is 0.234 e. The Morgan fingerprint density at radius 3 is 2.67 bits per heavy atom. The van der Waals surface area contributed by atoms with Crippen LogP contribution in [0.5, 0.6) is 0 Å². The van der Waals surface area contributed by atoms with Gasteiger partial charge < -0.3 is 5.32 Å². The van der Waals surface area contributed by atoms with Crippen molar-refractivity contribution in [3.8, 4) is 11.4 Å². The second-order valence-electron chi connectivity index (χ2n) is 7.50. The molecule has 6 nitrogen and oxygen atoms in total. The fourth-order valence-corrected chi connectivity index (χ4v) is 4.86. The van der Waals surface area contributed by atoms with Gasteiger partial charge in [-0.25, -0.2) is 0 Å². The van der Waals surface area contributed by atoms with Gasteiger partial charge in [0, 0.05) is 34.7 Å². The molecule has 0 radical (unpaired) electrons. The van der Waals surface area contributed by atoms with Crippen molar-refractivity contribution in [2.45, 2.75) is 50.2 Å².